The molecule has 0 saturated carbocycles. The molecule has 1 aromatic rings. The van der Waals surface area contributed by atoms with Gasteiger partial charge in [0.25, 0.3) is 5.91 Å². The largest absolute Gasteiger partial charge is 0.454 e. The molecule has 0 bridgehead atoms. The molecule has 1 aromatic carbocycles. The van der Waals surface area contributed by atoms with Gasteiger partial charge in [-0.3, -0.25) is 4.79 Å². The molecule has 114 valence electrons. The van der Waals surface area contributed by atoms with Crippen LogP contribution in [0.3, 0.4) is 0 Å². The highest BCUT2D eigenvalue weighted by Crippen LogP contribution is 2.39. The summed E-state index contributed by atoms with van der Waals surface area (Å²) in [5.41, 5.74) is 1.72. The third kappa shape index (κ3) is 3.61. The van der Waals surface area contributed by atoms with Crippen LogP contribution in [0.5, 0.6) is 11.5 Å². The van der Waals surface area contributed by atoms with Gasteiger partial charge in [0.2, 0.25) is 6.79 Å². The molecule has 2 aliphatic heterocycles. The summed E-state index contributed by atoms with van der Waals surface area (Å²) in [5, 5.41) is 6.52. The van der Waals surface area contributed by atoms with Crippen LogP contribution in [0.2, 0.25) is 5.02 Å². The first-order valence-corrected chi connectivity index (χ1v) is 6.88. The number of ether oxygens (including phenoxy) is 2. The fourth-order valence-corrected chi connectivity index (χ4v) is 2.49. The summed E-state index contributed by atoms with van der Waals surface area (Å²) < 4.78 is 10.5. The summed E-state index contributed by atoms with van der Waals surface area (Å²) in [7, 11) is 0. The Morgan fingerprint density at radius 2 is 2.24 bits per heavy atom. The number of hydrogen-bond acceptors (Lipinski definition) is 4. The number of hydrogen-bond donors (Lipinski definition) is 2. The molecule has 0 atom stereocenters. The number of halogens is 2. The molecule has 0 aromatic heterocycles. The number of fused-ring (bicyclic) bond motifs is 1. The molecular formula is C14H16Cl2N2O3. The molecule has 0 spiro atoms. The molecule has 1 amide bonds. The molecule has 21 heavy (non-hydrogen) atoms. The van der Waals surface area contributed by atoms with Gasteiger partial charge in [-0.25, -0.2) is 0 Å². The monoisotopic (exact) mass is 330 g/mol. The zero-order valence-electron chi connectivity index (χ0n) is 11.3. The number of amides is 1. The molecule has 2 heterocycles. The van der Waals surface area contributed by atoms with Crippen molar-refractivity contribution in [2.24, 2.45) is 0 Å². The van der Waals surface area contributed by atoms with Gasteiger partial charge in [-0.1, -0.05) is 23.3 Å². The average molecular weight is 331 g/mol. The predicted octanol–water partition coefficient (Wildman–Crippen LogP) is 2.14. The van der Waals surface area contributed by atoms with E-state index in [1.165, 1.54) is 5.57 Å². The minimum absolute atomic E-state index is 0. The van der Waals surface area contributed by atoms with Gasteiger partial charge in [0, 0.05) is 18.7 Å². The molecule has 3 rings (SSSR count). The van der Waals surface area contributed by atoms with Crippen LogP contribution in [-0.4, -0.2) is 32.3 Å². The van der Waals surface area contributed by atoms with Crippen LogP contribution in [0.25, 0.3) is 0 Å². The van der Waals surface area contributed by atoms with Crippen LogP contribution >= 0.6 is 24.0 Å². The highest BCUT2D eigenvalue weighted by molar-refractivity contribution is 6.32. The number of rotatable bonds is 3. The Morgan fingerprint density at radius 3 is 3.00 bits per heavy atom. The zero-order chi connectivity index (χ0) is 13.9. The SMILES string of the molecule is Cl.O=C(NCC1=CCNCC1)c1cc(Cl)c2c(c1)OCO2. The third-order valence-electron chi connectivity index (χ3n) is 3.32. The lowest BCUT2D eigenvalue weighted by molar-refractivity contribution is 0.0956. The van der Waals surface area contributed by atoms with Gasteiger partial charge < -0.3 is 20.1 Å². The first-order valence-electron chi connectivity index (χ1n) is 6.50. The van der Waals surface area contributed by atoms with Crippen molar-refractivity contribution in [3.05, 3.63) is 34.4 Å². The van der Waals surface area contributed by atoms with Gasteiger partial charge in [0.1, 0.15) is 0 Å². The van der Waals surface area contributed by atoms with E-state index in [0.29, 0.717) is 28.6 Å². The average Bonchev–Trinajstić information content (AvgIpc) is 2.95. The Balaban J connectivity index is 0.00000161. The molecule has 5 nitrogen and oxygen atoms in total. The molecule has 2 aliphatic rings. The Bertz CT molecular complexity index is 576. The molecule has 2 N–H and O–H groups in total. The summed E-state index contributed by atoms with van der Waals surface area (Å²) >= 11 is 6.06. The van der Waals surface area contributed by atoms with Gasteiger partial charge in [0.15, 0.2) is 11.5 Å². The van der Waals surface area contributed by atoms with Crippen molar-refractivity contribution in [2.75, 3.05) is 26.4 Å². The Morgan fingerprint density at radius 1 is 1.38 bits per heavy atom. The number of nitrogens with one attached hydrogen (secondary N) is 2. The minimum atomic E-state index is -0.162. The summed E-state index contributed by atoms with van der Waals surface area (Å²) in [6.07, 6.45) is 3.07. The van der Waals surface area contributed by atoms with E-state index in [1.54, 1.807) is 12.1 Å². The second kappa shape index (κ2) is 7.02. The smallest absolute Gasteiger partial charge is 0.251 e. The lowest BCUT2D eigenvalue weighted by Crippen LogP contribution is -2.29. The van der Waals surface area contributed by atoms with E-state index in [1.807, 2.05) is 0 Å². The van der Waals surface area contributed by atoms with Crippen molar-refractivity contribution < 1.29 is 14.3 Å². The Labute approximate surface area is 134 Å². The summed E-state index contributed by atoms with van der Waals surface area (Å²) in [5.74, 6) is 0.859. The van der Waals surface area contributed by atoms with Gasteiger partial charge in [-0.05, 0) is 25.1 Å². The van der Waals surface area contributed by atoms with Gasteiger partial charge in [-0.15, -0.1) is 12.4 Å². The third-order valence-corrected chi connectivity index (χ3v) is 3.60. The van der Waals surface area contributed by atoms with E-state index in [-0.39, 0.29) is 25.1 Å². The quantitative estimate of drug-likeness (QED) is 0.833. The number of carbonyl (C=O) groups is 1. The van der Waals surface area contributed by atoms with E-state index < -0.39 is 0 Å². The first-order chi connectivity index (χ1) is 9.74. The summed E-state index contributed by atoms with van der Waals surface area (Å²) in [6.45, 7) is 2.52. The summed E-state index contributed by atoms with van der Waals surface area (Å²) in [4.78, 5) is 12.1. The van der Waals surface area contributed by atoms with Crippen LogP contribution in [0.4, 0.5) is 0 Å². The van der Waals surface area contributed by atoms with Crippen LogP contribution in [-0.2, 0) is 0 Å². The summed E-state index contributed by atoms with van der Waals surface area (Å²) in [6, 6.07) is 3.25. The van der Waals surface area contributed by atoms with Crippen molar-refractivity contribution in [3.63, 3.8) is 0 Å². The highest BCUT2D eigenvalue weighted by Gasteiger charge is 2.20. The van der Waals surface area contributed by atoms with Crippen molar-refractivity contribution in [1.82, 2.24) is 10.6 Å². The zero-order valence-corrected chi connectivity index (χ0v) is 12.9. The van der Waals surface area contributed by atoms with Gasteiger partial charge >= 0.3 is 0 Å². The maximum atomic E-state index is 12.1. The predicted molar refractivity (Wildman–Crippen MR) is 82.7 cm³/mol. The molecular weight excluding hydrogens is 315 g/mol. The fourth-order valence-electron chi connectivity index (χ4n) is 2.22. The van der Waals surface area contributed by atoms with E-state index >= 15 is 0 Å². The number of carbonyl (C=O) groups excluding carboxylic acids is 1. The van der Waals surface area contributed by atoms with Crippen molar-refractivity contribution in [1.29, 1.82) is 0 Å². The van der Waals surface area contributed by atoms with Crippen molar-refractivity contribution in [2.45, 2.75) is 6.42 Å². The number of benzene rings is 1. The fraction of sp³-hybridized carbons (Fsp3) is 0.357. The second-order valence-electron chi connectivity index (χ2n) is 4.69. The molecule has 0 unspecified atom stereocenters. The molecule has 0 fully saturated rings. The maximum Gasteiger partial charge on any atom is 0.251 e. The van der Waals surface area contributed by atoms with Gasteiger partial charge in [0.05, 0.1) is 5.02 Å². The first kappa shape index (κ1) is 15.9. The van der Waals surface area contributed by atoms with E-state index in [4.69, 9.17) is 21.1 Å². The highest BCUT2D eigenvalue weighted by atomic mass is 35.5. The van der Waals surface area contributed by atoms with Crippen LogP contribution in [0.1, 0.15) is 16.8 Å². The van der Waals surface area contributed by atoms with Crippen molar-refractivity contribution >= 4 is 29.9 Å². The molecule has 0 aliphatic carbocycles. The van der Waals surface area contributed by atoms with Crippen LogP contribution in [0, 0.1) is 0 Å². The maximum absolute atomic E-state index is 12.1. The second-order valence-corrected chi connectivity index (χ2v) is 5.10. The van der Waals surface area contributed by atoms with E-state index in [0.717, 1.165) is 19.5 Å². The normalized spacial score (nSPS) is 16.0. The van der Waals surface area contributed by atoms with E-state index in [2.05, 4.69) is 16.7 Å². The van der Waals surface area contributed by atoms with Crippen LogP contribution in [0.15, 0.2) is 23.8 Å². The molecule has 0 saturated heterocycles. The van der Waals surface area contributed by atoms with Gasteiger partial charge in [-0.2, -0.15) is 0 Å². The standard InChI is InChI=1S/C14H15ClN2O3.ClH/c15-11-5-10(6-12-13(11)20-8-19-12)14(18)17-7-9-1-3-16-4-2-9;/h1,5-6,16H,2-4,7-8H2,(H,17,18);1H. The molecule has 7 heteroatoms. The van der Waals surface area contributed by atoms with E-state index in [9.17, 15) is 4.79 Å². The lowest BCUT2D eigenvalue weighted by atomic mass is 10.1. The van der Waals surface area contributed by atoms with Crippen molar-refractivity contribution in [3.8, 4) is 11.5 Å². The Kier molecular flexibility index (Phi) is 5.33. The Hall–Kier alpha value is -1.43. The van der Waals surface area contributed by atoms with Crippen LogP contribution < -0.4 is 20.1 Å². The lowest BCUT2D eigenvalue weighted by Gasteiger charge is -2.14. The molecule has 0 radical (unpaired) electrons. The topological polar surface area (TPSA) is 59.6 Å². The minimum Gasteiger partial charge on any atom is -0.454 e.